The zero-order valence-corrected chi connectivity index (χ0v) is 17.2. The fourth-order valence-electron chi connectivity index (χ4n) is 3.27. The average Bonchev–Trinajstić information content (AvgIpc) is 3.13. The van der Waals surface area contributed by atoms with Gasteiger partial charge >= 0.3 is 6.18 Å². The van der Waals surface area contributed by atoms with E-state index in [9.17, 15) is 28.1 Å². The Morgan fingerprint density at radius 1 is 1.09 bits per heavy atom. The van der Waals surface area contributed by atoms with E-state index in [-0.39, 0.29) is 33.9 Å². The normalized spacial score (nSPS) is 11.5. The van der Waals surface area contributed by atoms with Gasteiger partial charge in [0.15, 0.2) is 11.6 Å². The predicted molar refractivity (Wildman–Crippen MR) is 112 cm³/mol. The molecule has 4 rings (SSSR count). The van der Waals surface area contributed by atoms with Gasteiger partial charge in [0.2, 0.25) is 5.82 Å². The van der Waals surface area contributed by atoms with Crippen molar-refractivity contribution in [3.8, 4) is 5.82 Å². The molecule has 12 heteroatoms. The molecule has 0 aliphatic carbocycles. The van der Waals surface area contributed by atoms with Crippen molar-refractivity contribution >= 4 is 28.4 Å². The second kappa shape index (κ2) is 7.97. The lowest BCUT2D eigenvalue weighted by Crippen LogP contribution is -2.17. The number of nitro benzene ring substituents is 1. The summed E-state index contributed by atoms with van der Waals surface area (Å²) in [6.45, 7) is 3.35. The Kier molecular flexibility index (Phi) is 5.28. The molecule has 168 valence electrons. The van der Waals surface area contributed by atoms with Crippen LogP contribution in [0.1, 0.15) is 27.3 Å². The molecule has 0 unspecified atom stereocenters. The second-order valence-electron chi connectivity index (χ2n) is 7.23. The van der Waals surface area contributed by atoms with Crippen LogP contribution in [-0.4, -0.2) is 30.3 Å². The summed E-state index contributed by atoms with van der Waals surface area (Å²) in [6.07, 6.45) is -2.56. The molecule has 0 radical (unpaired) electrons. The van der Waals surface area contributed by atoms with Gasteiger partial charge in [0.25, 0.3) is 11.6 Å². The number of rotatable bonds is 4. The molecule has 0 bridgehead atoms. The van der Waals surface area contributed by atoms with Gasteiger partial charge in [-0.15, -0.1) is 0 Å². The van der Waals surface area contributed by atoms with E-state index in [1.54, 1.807) is 19.9 Å². The highest BCUT2D eigenvalue weighted by Gasteiger charge is 2.38. The quantitative estimate of drug-likeness (QED) is 0.354. The van der Waals surface area contributed by atoms with Crippen molar-refractivity contribution in [3.05, 3.63) is 81.4 Å². The standard InChI is InChI=1S/C21H15F3N6O3/c1-11-3-6-16-15(7-11)27-20(21(22,23)24)29(16)18-10-25-17(9-26-18)28-19(31)14-8-13(30(32)33)5-4-12(14)2/h3-10H,1-2H3,(H,25,28,31). The van der Waals surface area contributed by atoms with Gasteiger partial charge < -0.3 is 5.32 Å². The van der Waals surface area contributed by atoms with E-state index in [1.165, 1.54) is 24.3 Å². The van der Waals surface area contributed by atoms with E-state index in [0.717, 1.165) is 28.6 Å². The van der Waals surface area contributed by atoms with E-state index in [4.69, 9.17) is 0 Å². The Balaban J connectivity index is 1.68. The molecule has 1 amide bonds. The number of imidazole rings is 1. The Bertz CT molecular complexity index is 1400. The fourth-order valence-corrected chi connectivity index (χ4v) is 3.27. The molecule has 33 heavy (non-hydrogen) atoms. The first kappa shape index (κ1) is 21.9. The van der Waals surface area contributed by atoms with Crippen LogP contribution in [0.2, 0.25) is 0 Å². The van der Waals surface area contributed by atoms with Crippen molar-refractivity contribution in [2.24, 2.45) is 0 Å². The maximum atomic E-state index is 13.6. The first-order chi connectivity index (χ1) is 15.5. The minimum atomic E-state index is -4.74. The summed E-state index contributed by atoms with van der Waals surface area (Å²) in [6, 6.07) is 8.54. The van der Waals surface area contributed by atoms with E-state index in [0.29, 0.717) is 5.56 Å². The number of non-ortho nitro benzene ring substituents is 1. The summed E-state index contributed by atoms with van der Waals surface area (Å²) < 4.78 is 41.7. The van der Waals surface area contributed by atoms with Crippen LogP contribution in [0, 0.1) is 24.0 Å². The molecule has 2 aromatic heterocycles. The molecule has 1 N–H and O–H groups in total. The zero-order chi connectivity index (χ0) is 23.9. The van der Waals surface area contributed by atoms with Crippen molar-refractivity contribution in [3.63, 3.8) is 0 Å². The number of halogens is 3. The van der Waals surface area contributed by atoms with Crippen molar-refractivity contribution in [1.82, 2.24) is 19.5 Å². The monoisotopic (exact) mass is 456 g/mol. The third-order valence-electron chi connectivity index (χ3n) is 4.85. The van der Waals surface area contributed by atoms with Gasteiger partial charge in [0.1, 0.15) is 0 Å². The third kappa shape index (κ3) is 4.22. The van der Waals surface area contributed by atoms with Crippen LogP contribution in [-0.2, 0) is 6.18 Å². The SMILES string of the molecule is Cc1ccc2c(c1)nc(C(F)(F)F)n2-c1cnc(NC(=O)c2cc([N+](=O)[O-])ccc2C)cn1. The van der Waals surface area contributed by atoms with Gasteiger partial charge in [-0.2, -0.15) is 13.2 Å². The number of nitro groups is 1. The topological polar surface area (TPSA) is 116 Å². The largest absolute Gasteiger partial charge is 0.450 e. The van der Waals surface area contributed by atoms with E-state index in [2.05, 4.69) is 20.3 Å². The van der Waals surface area contributed by atoms with E-state index < -0.39 is 22.8 Å². The van der Waals surface area contributed by atoms with Gasteiger partial charge in [-0.25, -0.2) is 15.0 Å². The summed E-state index contributed by atoms with van der Waals surface area (Å²) in [5.41, 5.74) is 1.41. The number of fused-ring (bicyclic) bond motifs is 1. The lowest BCUT2D eigenvalue weighted by molar-refractivity contribution is -0.384. The molecule has 4 aromatic rings. The first-order valence-electron chi connectivity index (χ1n) is 9.49. The van der Waals surface area contributed by atoms with Crippen molar-refractivity contribution in [2.75, 3.05) is 5.32 Å². The highest BCUT2D eigenvalue weighted by atomic mass is 19.4. The Morgan fingerprint density at radius 2 is 1.85 bits per heavy atom. The van der Waals surface area contributed by atoms with E-state index >= 15 is 0 Å². The van der Waals surface area contributed by atoms with E-state index in [1.807, 2.05) is 0 Å². The summed E-state index contributed by atoms with van der Waals surface area (Å²) >= 11 is 0. The second-order valence-corrected chi connectivity index (χ2v) is 7.23. The highest BCUT2D eigenvalue weighted by Crippen LogP contribution is 2.33. The van der Waals surface area contributed by atoms with Crippen LogP contribution in [0.5, 0.6) is 0 Å². The van der Waals surface area contributed by atoms with Crippen LogP contribution in [0.25, 0.3) is 16.9 Å². The minimum Gasteiger partial charge on any atom is -0.305 e. The number of nitrogens with zero attached hydrogens (tertiary/aromatic N) is 5. The zero-order valence-electron chi connectivity index (χ0n) is 17.2. The molecule has 0 aliphatic rings. The third-order valence-corrected chi connectivity index (χ3v) is 4.85. The minimum absolute atomic E-state index is 0.0384. The molecule has 0 spiro atoms. The molecule has 0 atom stereocenters. The van der Waals surface area contributed by atoms with Crippen LogP contribution < -0.4 is 5.32 Å². The Hall–Kier alpha value is -4.35. The van der Waals surface area contributed by atoms with Crippen molar-refractivity contribution < 1.29 is 22.9 Å². The molecule has 0 saturated carbocycles. The molecule has 0 aliphatic heterocycles. The fraction of sp³-hybridized carbons (Fsp3) is 0.143. The molecular formula is C21H15F3N6O3. The lowest BCUT2D eigenvalue weighted by atomic mass is 10.1. The molecule has 2 aromatic carbocycles. The van der Waals surface area contributed by atoms with Crippen LogP contribution in [0.15, 0.2) is 48.8 Å². The maximum absolute atomic E-state index is 13.6. The van der Waals surface area contributed by atoms with Gasteiger partial charge in [-0.3, -0.25) is 19.5 Å². The number of hydrogen-bond acceptors (Lipinski definition) is 6. The van der Waals surface area contributed by atoms with Crippen LogP contribution in [0.3, 0.4) is 0 Å². The van der Waals surface area contributed by atoms with Crippen LogP contribution >= 0.6 is 0 Å². The van der Waals surface area contributed by atoms with Gasteiger partial charge in [-0.1, -0.05) is 12.1 Å². The molecule has 2 heterocycles. The number of hydrogen-bond donors (Lipinski definition) is 1. The smallest absolute Gasteiger partial charge is 0.305 e. The number of benzene rings is 2. The van der Waals surface area contributed by atoms with Gasteiger partial charge in [0.05, 0.1) is 28.4 Å². The number of nitrogens with one attached hydrogen (secondary N) is 1. The Morgan fingerprint density at radius 3 is 2.48 bits per heavy atom. The number of alkyl halides is 3. The number of amides is 1. The van der Waals surface area contributed by atoms with Crippen molar-refractivity contribution in [1.29, 1.82) is 0 Å². The highest BCUT2D eigenvalue weighted by molar-refractivity contribution is 6.05. The number of carbonyl (C=O) groups is 1. The number of aromatic nitrogens is 4. The van der Waals surface area contributed by atoms with Crippen LogP contribution in [0.4, 0.5) is 24.7 Å². The number of aryl methyl sites for hydroxylation is 2. The first-order valence-corrected chi connectivity index (χ1v) is 9.49. The average molecular weight is 456 g/mol. The summed E-state index contributed by atoms with van der Waals surface area (Å²) in [5, 5.41) is 13.4. The maximum Gasteiger partial charge on any atom is 0.450 e. The number of anilines is 1. The van der Waals surface area contributed by atoms with Gasteiger partial charge in [-0.05, 0) is 37.1 Å². The molecule has 0 fully saturated rings. The molecule has 0 saturated heterocycles. The summed E-state index contributed by atoms with van der Waals surface area (Å²) in [4.78, 5) is 34.6. The summed E-state index contributed by atoms with van der Waals surface area (Å²) in [7, 11) is 0. The number of carbonyl (C=O) groups excluding carboxylic acids is 1. The van der Waals surface area contributed by atoms with Gasteiger partial charge in [0, 0.05) is 17.7 Å². The molecule has 9 nitrogen and oxygen atoms in total. The predicted octanol–water partition coefficient (Wildman–Crippen LogP) is 4.61. The molecular weight excluding hydrogens is 441 g/mol. The Labute approximate surface area is 184 Å². The lowest BCUT2D eigenvalue weighted by Gasteiger charge is -2.11. The van der Waals surface area contributed by atoms with Crippen molar-refractivity contribution in [2.45, 2.75) is 20.0 Å². The summed E-state index contributed by atoms with van der Waals surface area (Å²) in [5.74, 6) is -2.00.